The molecule has 4 heterocycles. The number of hydrogen-bond acceptors (Lipinski definition) is 10. The summed E-state index contributed by atoms with van der Waals surface area (Å²) in [5.74, 6) is -1.29. The highest BCUT2D eigenvalue weighted by Crippen LogP contribution is 2.33. The van der Waals surface area contributed by atoms with Crippen molar-refractivity contribution in [2.45, 2.75) is 84.3 Å². The highest BCUT2D eigenvalue weighted by molar-refractivity contribution is 6.31. The predicted octanol–water partition coefficient (Wildman–Crippen LogP) is 6.61. The lowest BCUT2D eigenvalue weighted by molar-refractivity contribution is -0.143. The van der Waals surface area contributed by atoms with Crippen LogP contribution < -0.4 is 14.4 Å². The molecule has 0 bridgehead atoms. The van der Waals surface area contributed by atoms with Crippen LogP contribution in [0.5, 0.6) is 17.5 Å². The van der Waals surface area contributed by atoms with Crippen molar-refractivity contribution in [2.24, 2.45) is 0 Å². The van der Waals surface area contributed by atoms with Crippen LogP contribution in [-0.4, -0.2) is 92.1 Å². The third kappa shape index (κ3) is 9.20. The molecule has 0 N–H and O–H groups in total. The van der Waals surface area contributed by atoms with Gasteiger partial charge in [0.25, 0.3) is 5.91 Å². The van der Waals surface area contributed by atoms with Crippen LogP contribution in [0.15, 0.2) is 30.5 Å². The summed E-state index contributed by atoms with van der Waals surface area (Å²) >= 11 is 6.37. The minimum atomic E-state index is -4.68. The highest BCUT2D eigenvalue weighted by Gasteiger charge is 2.36. The molecule has 3 aromatic rings. The topological polar surface area (TPSA) is 123 Å². The van der Waals surface area contributed by atoms with Crippen molar-refractivity contribution >= 4 is 29.4 Å². The van der Waals surface area contributed by atoms with Crippen LogP contribution in [0.4, 0.5) is 28.2 Å². The number of amides is 2. The summed E-state index contributed by atoms with van der Waals surface area (Å²) in [4.78, 5) is 38.9. The fourth-order valence-electron chi connectivity index (χ4n) is 5.60. The molecular weight excluding hydrogens is 686 g/mol. The van der Waals surface area contributed by atoms with Gasteiger partial charge in [0, 0.05) is 56.7 Å². The van der Waals surface area contributed by atoms with Gasteiger partial charge in [0.05, 0.1) is 17.8 Å². The van der Waals surface area contributed by atoms with Crippen LogP contribution in [0, 0.1) is 5.82 Å². The van der Waals surface area contributed by atoms with Gasteiger partial charge in [-0.05, 0) is 58.9 Å². The number of anilines is 1. The molecule has 0 atom stereocenters. The van der Waals surface area contributed by atoms with Crippen molar-refractivity contribution in [1.82, 2.24) is 30.0 Å². The maximum Gasteiger partial charge on any atom is 0.410 e. The number of piperidine rings is 1. The van der Waals surface area contributed by atoms with Gasteiger partial charge in [0.2, 0.25) is 0 Å². The predicted molar refractivity (Wildman–Crippen MR) is 174 cm³/mol. The standard InChI is InChI=1S/C33H38ClF4N7O5/c1-19(2)45(18-33(36,37)38)29(46)22-16-20(35)6-7-25(22)49-30-40-28(27(34)41-42-30)43-13-9-21(10-14-43)48-26-8-12-39-24-11-15-44(17-23(24)26)31(47)50-32(3,4)5/h6-8,12,16,19,21H,9-11,13-15,17-18H2,1-5H3. The van der Waals surface area contributed by atoms with E-state index < -0.39 is 47.7 Å². The van der Waals surface area contributed by atoms with Crippen LogP contribution >= 0.6 is 11.6 Å². The zero-order valence-corrected chi connectivity index (χ0v) is 29.0. The van der Waals surface area contributed by atoms with Gasteiger partial charge in [0.15, 0.2) is 11.0 Å². The minimum Gasteiger partial charge on any atom is -0.490 e. The fraction of sp³-hybridized carbons (Fsp3) is 0.515. The lowest BCUT2D eigenvalue weighted by Gasteiger charge is -2.35. The zero-order chi connectivity index (χ0) is 36.4. The van der Waals surface area contributed by atoms with Gasteiger partial charge >= 0.3 is 18.3 Å². The average Bonchev–Trinajstić information content (AvgIpc) is 3.04. The lowest BCUT2D eigenvalue weighted by atomic mass is 10.0. The molecule has 0 unspecified atom stereocenters. The van der Waals surface area contributed by atoms with Crippen molar-refractivity contribution < 1.29 is 41.4 Å². The molecule has 1 fully saturated rings. The largest absolute Gasteiger partial charge is 0.490 e. The number of carbonyl (C=O) groups is 2. The van der Waals surface area contributed by atoms with E-state index in [1.54, 1.807) is 17.2 Å². The summed E-state index contributed by atoms with van der Waals surface area (Å²) in [6, 6.07) is 3.51. The molecule has 2 aliphatic rings. The van der Waals surface area contributed by atoms with E-state index in [4.69, 9.17) is 25.8 Å². The number of fused-ring (bicyclic) bond motifs is 1. The maximum absolute atomic E-state index is 14.2. The van der Waals surface area contributed by atoms with Crippen molar-refractivity contribution in [1.29, 1.82) is 0 Å². The Bertz CT molecular complexity index is 1710. The molecule has 2 aromatic heterocycles. The first-order valence-electron chi connectivity index (χ1n) is 16.1. The molecule has 2 aliphatic heterocycles. The van der Waals surface area contributed by atoms with Crippen LogP contribution in [0.3, 0.4) is 0 Å². The molecule has 5 rings (SSSR count). The second kappa shape index (κ2) is 14.8. The van der Waals surface area contributed by atoms with Gasteiger partial charge in [-0.1, -0.05) is 16.7 Å². The maximum atomic E-state index is 14.2. The molecule has 1 saturated heterocycles. The van der Waals surface area contributed by atoms with Crippen molar-refractivity contribution in [3.63, 3.8) is 0 Å². The van der Waals surface area contributed by atoms with Crippen LogP contribution in [0.25, 0.3) is 0 Å². The van der Waals surface area contributed by atoms with Crippen molar-refractivity contribution in [3.05, 3.63) is 58.3 Å². The monoisotopic (exact) mass is 723 g/mol. The summed E-state index contributed by atoms with van der Waals surface area (Å²) in [6.45, 7) is 8.49. The Balaban J connectivity index is 1.27. The zero-order valence-electron chi connectivity index (χ0n) is 28.3. The number of halogens is 5. The Labute approximate surface area is 291 Å². The summed E-state index contributed by atoms with van der Waals surface area (Å²) < 4.78 is 71.6. The molecule has 1 aromatic carbocycles. The first kappa shape index (κ1) is 36.8. The first-order chi connectivity index (χ1) is 23.5. The Morgan fingerprint density at radius 2 is 1.78 bits per heavy atom. The van der Waals surface area contributed by atoms with Gasteiger partial charge < -0.3 is 28.9 Å². The van der Waals surface area contributed by atoms with Crippen LogP contribution in [0.1, 0.15) is 69.1 Å². The van der Waals surface area contributed by atoms with Gasteiger partial charge in [-0.15, -0.1) is 5.10 Å². The van der Waals surface area contributed by atoms with E-state index in [-0.39, 0.29) is 28.8 Å². The van der Waals surface area contributed by atoms with E-state index in [1.165, 1.54) is 13.8 Å². The number of carbonyl (C=O) groups excluding carboxylic acids is 2. The molecule has 270 valence electrons. The summed E-state index contributed by atoms with van der Waals surface area (Å²) in [5.41, 5.74) is 0.653. The van der Waals surface area contributed by atoms with E-state index in [1.807, 2.05) is 25.7 Å². The molecule has 12 nitrogen and oxygen atoms in total. The van der Waals surface area contributed by atoms with Crippen molar-refractivity contribution in [3.8, 4) is 17.5 Å². The normalized spacial score (nSPS) is 15.5. The van der Waals surface area contributed by atoms with Gasteiger partial charge in [-0.3, -0.25) is 9.78 Å². The summed E-state index contributed by atoms with van der Waals surface area (Å²) in [5, 5.41) is 7.73. The van der Waals surface area contributed by atoms with E-state index in [0.717, 1.165) is 29.5 Å². The second-order valence-corrected chi connectivity index (χ2v) is 13.6. The van der Waals surface area contributed by atoms with Gasteiger partial charge in [0.1, 0.15) is 35.6 Å². The van der Waals surface area contributed by atoms with Crippen LogP contribution in [0.2, 0.25) is 5.15 Å². The molecule has 0 saturated carbocycles. The molecular formula is C33H38ClF4N7O5. The Hall–Kier alpha value is -4.47. The SMILES string of the molecule is CC(C)N(CC(F)(F)F)C(=O)c1cc(F)ccc1Oc1nnc(Cl)c(N2CCC(Oc3ccnc4c3CN(C(=O)OC(C)(C)C)CC4)CC2)n1. The number of ether oxygens (including phenoxy) is 3. The number of rotatable bonds is 8. The smallest absolute Gasteiger partial charge is 0.410 e. The summed E-state index contributed by atoms with van der Waals surface area (Å²) in [7, 11) is 0. The average molecular weight is 724 g/mol. The number of alkyl halides is 3. The lowest BCUT2D eigenvalue weighted by Crippen LogP contribution is -2.43. The molecule has 50 heavy (non-hydrogen) atoms. The molecule has 0 radical (unpaired) electrons. The highest BCUT2D eigenvalue weighted by atomic mass is 35.5. The quantitative estimate of drug-likeness (QED) is 0.235. The van der Waals surface area contributed by atoms with Gasteiger partial charge in [-0.25, -0.2) is 9.18 Å². The number of pyridine rings is 1. The Morgan fingerprint density at radius 1 is 1.06 bits per heavy atom. The number of hydrogen-bond donors (Lipinski definition) is 0. The number of nitrogens with zero attached hydrogens (tertiary/aromatic N) is 7. The molecule has 17 heteroatoms. The van der Waals surface area contributed by atoms with Gasteiger partial charge in [-0.2, -0.15) is 18.2 Å². The van der Waals surface area contributed by atoms with E-state index >= 15 is 0 Å². The van der Waals surface area contributed by atoms with E-state index in [9.17, 15) is 27.2 Å². The molecule has 2 amide bonds. The molecule has 0 spiro atoms. The Morgan fingerprint density at radius 3 is 2.44 bits per heavy atom. The minimum absolute atomic E-state index is 0.0197. The second-order valence-electron chi connectivity index (χ2n) is 13.3. The number of benzene rings is 1. The van der Waals surface area contributed by atoms with E-state index in [2.05, 4.69) is 20.2 Å². The van der Waals surface area contributed by atoms with Crippen molar-refractivity contribution in [2.75, 3.05) is 31.1 Å². The Kier molecular flexibility index (Phi) is 10.9. The molecule has 0 aliphatic carbocycles. The van der Waals surface area contributed by atoms with Crippen LogP contribution in [-0.2, 0) is 17.7 Å². The van der Waals surface area contributed by atoms with E-state index in [0.29, 0.717) is 56.1 Å². The first-order valence-corrected chi connectivity index (χ1v) is 16.5. The third-order valence-electron chi connectivity index (χ3n) is 7.97. The third-order valence-corrected chi connectivity index (χ3v) is 8.22. The summed E-state index contributed by atoms with van der Waals surface area (Å²) in [6.07, 6.45) is -1.83. The fourth-order valence-corrected chi connectivity index (χ4v) is 5.80. The number of aromatic nitrogens is 4.